The van der Waals surface area contributed by atoms with Gasteiger partial charge < -0.3 is 5.32 Å². The van der Waals surface area contributed by atoms with Crippen LogP contribution in [0.15, 0.2) is 10.8 Å². The molecule has 0 saturated heterocycles. The number of alkyl halides is 1. The van der Waals surface area contributed by atoms with Crippen molar-refractivity contribution in [3.8, 4) is 0 Å². The lowest BCUT2D eigenvalue weighted by atomic mass is 10.0. The molecule has 0 aromatic carbocycles. The Balaban J connectivity index is 2.43. The minimum atomic E-state index is 0.0411. The van der Waals surface area contributed by atoms with E-state index < -0.39 is 0 Å². The van der Waals surface area contributed by atoms with Crippen LogP contribution in [0, 0.1) is 12.8 Å². The maximum Gasteiger partial charge on any atom is 0.252 e. The summed E-state index contributed by atoms with van der Waals surface area (Å²) in [7, 11) is 0. The van der Waals surface area contributed by atoms with Gasteiger partial charge in [-0.1, -0.05) is 13.3 Å². The van der Waals surface area contributed by atoms with Crippen LogP contribution in [0.5, 0.6) is 0 Å². The minimum Gasteiger partial charge on any atom is -0.352 e. The van der Waals surface area contributed by atoms with Crippen LogP contribution in [0.2, 0.25) is 0 Å². The van der Waals surface area contributed by atoms with Crippen LogP contribution in [0.4, 0.5) is 0 Å². The Morgan fingerprint density at radius 1 is 1.47 bits per heavy atom. The van der Waals surface area contributed by atoms with Crippen molar-refractivity contribution in [2.45, 2.75) is 33.1 Å². The molecule has 1 rings (SSSR count). The van der Waals surface area contributed by atoms with E-state index in [-0.39, 0.29) is 5.91 Å². The van der Waals surface area contributed by atoms with Crippen molar-refractivity contribution in [1.29, 1.82) is 0 Å². The van der Waals surface area contributed by atoms with Crippen molar-refractivity contribution < 1.29 is 4.79 Å². The monoisotopic (exact) mass is 273 g/mol. The maximum atomic E-state index is 11.9. The van der Waals surface area contributed by atoms with Gasteiger partial charge in [-0.2, -0.15) is 11.3 Å². The average Bonchev–Trinajstić information content (AvgIpc) is 2.72. The highest BCUT2D eigenvalue weighted by Crippen LogP contribution is 2.15. The quantitative estimate of drug-likeness (QED) is 0.752. The molecule has 17 heavy (non-hydrogen) atoms. The van der Waals surface area contributed by atoms with E-state index >= 15 is 0 Å². The first-order chi connectivity index (χ1) is 8.19. The molecule has 1 aromatic rings. The van der Waals surface area contributed by atoms with Gasteiger partial charge >= 0.3 is 0 Å². The van der Waals surface area contributed by atoms with E-state index in [0.717, 1.165) is 36.9 Å². The molecule has 1 unspecified atom stereocenters. The molecule has 1 atom stereocenters. The molecule has 0 fully saturated rings. The van der Waals surface area contributed by atoms with Gasteiger partial charge in [-0.05, 0) is 36.6 Å². The Morgan fingerprint density at radius 2 is 2.24 bits per heavy atom. The van der Waals surface area contributed by atoms with Crippen LogP contribution < -0.4 is 5.32 Å². The van der Waals surface area contributed by atoms with E-state index in [9.17, 15) is 4.79 Å². The summed E-state index contributed by atoms with van der Waals surface area (Å²) in [6.45, 7) is 4.86. The fraction of sp³-hybridized carbons (Fsp3) is 0.615. The molecule has 0 aliphatic rings. The Bertz CT molecular complexity index is 345. The fourth-order valence-corrected chi connectivity index (χ4v) is 2.97. The van der Waals surface area contributed by atoms with Crippen LogP contribution in [0.1, 0.15) is 42.1 Å². The summed E-state index contributed by atoms with van der Waals surface area (Å²) in [4.78, 5) is 11.9. The lowest BCUT2D eigenvalue weighted by Crippen LogP contribution is -2.29. The summed E-state index contributed by atoms with van der Waals surface area (Å²) >= 11 is 7.33. The highest BCUT2D eigenvalue weighted by molar-refractivity contribution is 7.08. The van der Waals surface area contributed by atoms with E-state index in [1.165, 1.54) is 0 Å². The molecule has 0 aliphatic heterocycles. The third-order valence-corrected chi connectivity index (χ3v) is 3.95. The topological polar surface area (TPSA) is 29.1 Å². The molecule has 1 N–H and O–H groups in total. The van der Waals surface area contributed by atoms with Gasteiger partial charge in [-0.15, -0.1) is 11.6 Å². The predicted molar refractivity (Wildman–Crippen MR) is 75.1 cm³/mol. The highest BCUT2D eigenvalue weighted by Gasteiger charge is 2.12. The second-order valence-corrected chi connectivity index (χ2v) is 5.43. The number of halogens is 1. The number of thiophene rings is 1. The second kappa shape index (κ2) is 7.72. The van der Waals surface area contributed by atoms with Crippen molar-refractivity contribution in [3.63, 3.8) is 0 Å². The summed E-state index contributed by atoms with van der Waals surface area (Å²) in [5, 5.41) is 6.91. The molecule has 1 aromatic heterocycles. The molecule has 0 spiro atoms. The second-order valence-electron chi connectivity index (χ2n) is 4.31. The Hall–Kier alpha value is -0.540. The third kappa shape index (κ3) is 4.68. The molecule has 0 radical (unpaired) electrons. The van der Waals surface area contributed by atoms with Gasteiger partial charge in [0.15, 0.2) is 0 Å². The van der Waals surface area contributed by atoms with E-state index in [4.69, 9.17) is 11.6 Å². The number of aryl methyl sites for hydroxylation is 1. The summed E-state index contributed by atoms with van der Waals surface area (Å²) in [6.07, 6.45) is 3.23. The van der Waals surface area contributed by atoms with Gasteiger partial charge in [0.1, 0.15) is 0 Å². The largest absolute Gasteiger partial charge is 0.352 e. The van der Waals surface area contributed by atoms with Crippen LogP contribution >= 0.6 is 22.9 Å². The van der Waals surface area contributed by atoms with Crippen LogP contribution in [-0.2, 0) is 0 Å². The van der Waals surface area contributed by atoms with Crippen molar-refractivity contribution in [3.05, 3.63) is 21.9 Å². The van der Waals surface area contributed by atoms with Crippen LogP contribution in [0.25, 0.3) is 0 Å². The summed E-state index contributed by atoms with van der Waals surface area (Å²) in [6, 6.07) is 0. The van der Waals surface area contributed by atoms with Crippen LogP contribution in [0.3, 0.4) is 0 Å². The Kier molecular flexibility index (Phi) is 6.60. The SMILES string of the molecule is CCCC(CCCl)CNC(=O)c1cscc1C. The Labute approximate surface area is 112 Å². The van der Waals surface area contributed by atoms with E-state index in [1.807, 2.05) is 17.7 Å². The normalized spacial score (nSPS) is 12.4. The zero-order chi connectivity index (χ0) is 12.7. The molecule has 0 bridgehead atoms. The molecular formula is C13H20ClNOS. The smallest absolute Gasteiger partial charge is 0.252 e. The van der Waals surface area contributed by atoms with E-state index in [1.54, 1.807) is 11.3 Å². The van der Waals surface area contributed by atoms with Crippen LogP contribution in [-0.4, -0.2) is 18.3 Å². The number of nitrogens with one attached hydrogen (secondary N) is 1. The van der Waals surface area contributed by atoms with Crippen molar-refractivity contribution in [2.24, 2.45) is 5.92 Å². The van der Waals surface area contributed by atoms with Crippen molar-refractivity contribution >= 4 is 28.8 Å². The van der Waals surface area contributed by atoms with Gasteiger partial charge in [0, 0.05) is 17.8 Å². The first kappa shape index (κ1) is 14.5. The summed E-state index contributed by atoms with van der Waals surface area (Å²) in [5.41, 5.74) is 1.85. The first-order valence-electron chi connectivity index (χ1n) is 6.06. The molecule has 96 valence electrons. The maximum absolute atomic E-state index is 11.9. The Morgan fingerprint density at radius 3 is 2.76 bits per heavy atom. The standard InChI is InChI=1S/C13H20ClNOS/c1-3-4-11(5-6-14)7-15-13(16)12-9-17-8-10(12)2/h8-9,11H,3-7H2,1-2H3,(H,15,16). The number of carbonyl (C=O) groups is 1. The summed E-state index contributed by atoms with van der Waals surface area (Å²) < 4.78 is 0. The molecule has 0 aliphatic carbocycles. The number of carbonyl (C=O) groups excluding carboxylic acids is 1. The zero-order valence-electron chi connectivity index (χ0n) is 10.5. The molecular weight excluding hydrogens is 254 g/mol. The lowest BCUT2D eigenvalue weighted by molar-refractivity contribution is 0.0946. The minimum absolute atomic E-state index is 0.0411. The van der Waals surface area contributed by atoms with Crippen molar-refractivity contribution in [2.75, 3.05) is 12.4 Å². The number of rotatable bonds is 7. The lowest BCUT2D eigenvalue weighted by Gasteiger charge is -2.15. The van der Waals surface area contributed by atoms with Gasteiger partial charge in [-0.25, -0.2) is 0 Å². The molecule has 0 saturated carbocycles. The number of amides is 1. The molecule has 1 heterocycles. The van der Waals surface area contributed by atoms with Gasteiger partial charge in [-0.3, -0.25) is 4.79 Å². The number of hydrogen-bond acceptors (Lipinski definition) is 2. The van der Waals surface area contributed by atoms with E-state index in [2.05, 4.69) is 12.2 Å². The van der Waals surface area contributed by atoms with Gasteiger partial charge in [0.2, 0.25) is 0 Å². The summed E-state index contributed by atoms with van der Waals surface area (Å²) in [5.74, 6) is 1.21. The predicted octanol–water partition coefficient (Wildman–Crippen LogP) is 3.83. The first-order valence-corrected chi connectivity index (χ1v) is 7.53. The highest BCUT2D eigenvalue weighted by atomic mass is 35.5. The van der Waals surface area contributed by atoms with Gasteiger partial charge in [0.05, 0.1) is 5.56 Å². The zero-order valence-corrected chi connectivity index (χ0v) is 12.0. The van der Waals surface area contributed by atoms with Gasteiger partial charge in [0.25, 0.3) is 5.91 Å². The fourth-order valence-electron chi connectivity index (χ4n) is 1.84. The van der Waals surface area contributed by atoms with E-state index in [0.29, 0.717) is 11.8 Å². The molecule has 1 amide bonds. The van der Waals surface area contributed by atoms with Crippen molar-refractivity contribution in [1.82, 2.24) is 5.32 Å². The molecule has 4 heteroatoms. The molecule has 2 nitrogen and oxygen atoms in total. The number of hydrogen-bond donors (Lipinski definition) is 1. The average molecular weight is 274 g/mol. The third-order valence-electron chi connectivity index (χ3n) is 2.87.